The minimum atomic E-state index is -0.396. The van der Waals surface area contributed by atoms with E-state index in [0.29, 0.717) is 17.3 Å². The molecule has 0 saturated carbocycles. The largest absolute Gasteiger partial charge is 0.360 e. The van der Waals surface area contributed by atoms with Gasteiger partial charge in [-0.1, -0.05) is 22.4 Å². The van der Waals surface area contributed by atoms with E-state index in [2.05, 4.69) is 15.6 Å². The molecule has 0 aliphatic heterocycles. The van der Waals surface area contributed by atoms with Crippen molar-refractivity contribution in [2.75, 3.05) is 5.32 Å². The molecule has 0 spiro atoms. The number of carbonyl (C=O) groups excluding carboxylic acids is 1. The molecule has 1 aromatic carbocycles. The van der Waals surface area contributed by atoms with E-state index in [9.17, 15) is 4.79 Å². The molecule has 3 aromatic rings. The van der Waals surface area contributed by atoms with Crippen LogP contribution in [-0.2, 0) is 0 Å². The highest BCUT2D eigenvalue weighted by atomic mass is 16.5. The van der Waals surface area contributed by atoms with Crippen molar-refractivity contribution >= 4 is 11.7 Å². The molecule has 0 fully saturated rings. The molecule has 3 rings (SSSR count). The molecular formula is C16H15N3O3. The fourth-order valence-electron chi connectivity index (χ4n) is 2.02. The van der Waals surface area contributed by atoms with Crippen LogP contribution in [0.4, 0.5) is 5.82 Å². The second kappa shape index (κ2) is 5.48. The van der Waals surface area contributed by atoms with Gasteiger partial charge in [-0.15, -0.1) is 0 Å². The van der Waals surface area contributed by atoms with E-state index in [1.165, 1.54) is 5.56 Å². The highest BCUT2D eigenvalue weighted by Gasteiger charge is 2.15. The van der Waals surface area contributed by atoms with Crippen molar-refractivity contribution in [1.82, 2.24) is 10.3 Å². The predicted molar refractivity (Wildman–Crippen MR) is 80.6 cm³/mol. The molecule has 0 unspecified atom stereocenters. The third-order valence-electron chi connectivity index (χ3n) is 3.40. The van der Waals surface area contributed by atoms with E-state index in [1.807, 2.05) is 32.0 Å². The summed E-state index contributed by atoms with van der Waals surface area (Å²) in [4.78, 5) is 12.1. The van der Waals surface area contributed by atoms with Crippen LogP contribution < -0.4 is 5.32 Å². The van der Waals surface area contributed by atoms with Crippen LogP contribution >= 0.6 is 0 Å². The van der Waals surface area contributed by atoms with Crippen LogP contribution in [-0.4, -0.2) is 16.2 Å². The first-order valence-corrected chi connectivity index (χ1v) is 6.82. The summed E-state index contributed by atoms with van der Waals surface area (Å²) in [6.45, 7) is 5.81. The van der Waals surface area contributed by atoms with Crippen molar-refractivity contribution in [3.63, 3.8) is 0 Å². The molecule has 1 N–H and O–H groups in total. The Balaban J connectivity index is 1.80. The molecule has 6 nitrogen and oxygen atoms in total. The van der Waals surface area contributed by atoms with Gasteiger partial charge < -0.3 is 14.4 Å². The van der Waals surface area contributed by atoms with Crippen LogP contribution in [0.15, 0.2) is 39.4 Å². The summed E-state index contributed by atoms with van der Waals surface area (Å²) >= 11 is 0. The molecule has 2 aromatic heterocycles. The average molecular weight is 297 g/mol. The van der Waals surface area contributed by atoms with Gasteiger partial charge in [0.25, 0.3) is 5.91 Å². The average Bonchev–Trinajstić information content (AvgIpc) is 3.11. The Bertz CT molecular complexity index is 833. The Morgan fingerprint density at radius 1 is 1.00 bits per heavy atom. The highest BCUT2D eigenvalue weighted by Crippen LogP contribution is 2.23. The number of benzene rings is 1. The van der Waals surface area contributed by atoms with Crippen molar-refractivity contribution in [3.8, 4) is 11.3 Å². The summed E-state index contributed by atoms with van der Waals surface area (Å²) in [5, 5.41) is 10.1. The Morgan fingerprint density at radius 3 is 2.50 bits per heavy atom. The zero-order valence-corrected chi connectivity index (χ0v) is 12.5. The third-order valence-corrected chi connectivity index (χ3v) is 3.40. The van der Waals surface area contributed by atoms with Gasteiger partial charge >= 0.3 is 0 Å². The lowest BCUT2D eigenvalue weighted by Gasteiger charge is -2.01. The van der Waals surface area contributed by atoms with Crippen molar-refractivity contribution in [2.24, 2.45) is 0 Å². The summed E-state index contributed by atoms with van der Waals surface area (Å²) in [6, 6.07) is 9.17. The summed E-state index contributed by atoms with van der Waals surface area (Å²) in [6.07, 6.45) is 0. The molecule has 22 heavy (non-hydrogen) atoms. The fourth-order valence-corrected chi connectivity index (χ4v) is 2.02. The van der Waals surface area contributed by atoms with Gasteiger partial charge in [0.05, 0.1) is 0 Å². The zero-order valence-electron chi connectivity index (χ0n) is 12.5. The normalized spacial score (nSPS) is 10.7. The number of anilines is 1. The Morgan fingerprint density at radius 2 is 1.82 bits per heavy atom. The van der Waals surface area contributed by atoms with E-state index in [1.54, 1.807) is 19.1 Å². The summed E-state index contributed by atoms with van der Waals surface area (Å²) in [7, 11) is 0. The third kappa shape index (κ3) is 2.76. The van der Waals surface area contributed by atoms with E-state index in [4.69, 9.17) is 9.05 Å². The molecular weight excluding hydrogens is 282 g/mol. The van der Waals surface area contributed by atoms with Crippen LogP contribution in [0.25, 0.3) is 11.3 Å². The molecule has 0 atom stereocenters. The van der Waals surface area contributed by atoms with Gasteiger partial charge in [0.15, 0.2) is 17.3 Å². The number of nitrogens with one attached hydrogen (secondary N) is 1. The Kier molecular flexibility index (Phi) is 3.50. The molecule has 112 valence electrons. The zero-order chi connectivity index (χ0) is 15.7. The Hall–Kier alpha value is -2.89. The number of hydrogen-bond donors (Lipinski definition) is 1. The van der Waals surface area contributed by atoms with Gasteiger partial charge in [0.2, 0.25) is 0 Å². The first-order chi connectivity index (χ1) is 10.5. The first kappa shape index (κ1) is 14.1. The summed E-state index contributed by atoms with van der Waals surface area (Å²) in [5.41, 5.74) is 3.42. The minimum Gasteiger partial charge on any atom is -0.360 e. The smallest absolute Gasteiger partial charge is 0.279 e. The van der Waals surface area contributed by atoms with Crippen LogP contribution in [0.1, 0.15) is 27.4 Å². The highest BCUT2D eigenvalue weighted by molar-refractivity contribution is 6.02. The van der Waals surface area contributed by atoms with Gasteiger partial charge in [-0.25, -0.2) is 0 Å². The molecule has 0 radical (unpaired) electrons. The number of carbonyl (C=O) groups is 1. The number of hydrogen-bond acceptors (Lipinski definition) is 5. The summed E-state index contributed by atoms with van der Waals surface area (Å²) < 4.78 is 10.1. The maximum Gasteiger partial charge on any atom is 0.279 e. The molecule has 0 saturated heterocycles. The number of nitrogens with zero attached hydrogens (tertiary/aromatic N) is 2. The second-order valence-corrected chi connectivity index (χ2v) is 5.15. The number of rotatable bonds is 3. The lowest BCUT2D eigenvalue weighted by molar-refractivity contribution is 0.101. The van der Waals surface area contributed by atoms with Crippen LogP contribution in [0.5, 0.6) is 0 Å². The SMILES string of the molecule is Cc1cc(NC(=O)c2cc(-c3ccc(C)c(C)c3)on2)no1. The van der Waals surface area contributed by atoms with Crippen LogP contribution in [0.3, 0.4) is 0 Å². The van der Waals surface area contributed by atoms with Gasteiger partial charge in [0.1, 0.15) is 5.76 Å². The minimum absolute atomic E-state index is 0.189. The number of amides is 1. The van der Waals surface area contributed by atoms with Crippen molar-refractivity contribution in [2.45, 2.75) is 20.8 Å². The lowest BCUT2D eigenvalue weighted by Crippen LogP contribution is -2.12. The molecule has 0 bridgehead atoms. The maximum atomic E-state index is 12.1. The number of aromatic nitrogens is 2. The monoisotopic (exact) mass is 297 g/mol. The number of aryl methyl sites for hydroxylation is 3. The standard InChI is InChI=1S/C16H15N3O3/c1-9-4-5-12(6-10(9)2)14-8-13(18-22-14)16(20)17-15-7-11(3)21-19-15/h4-8H,1-3H3,(H,17,19,20). The topological polar surface area (TPSA) is 81.2 Å². The van der Waals surface area contributed by atoms with Gasteiger partial charge in [-0.3, -0.25) is 4.79 Å². The molecule has 1 amide bonds. The van der Waals surface area contributed by atoms with E-state index in [-0.39, 0.29) is 5.69 Å². The van der Waals surface area contributed by atoms with Gasteiger partial charge in [0, 0.05) is 17.7 Å². The van der Waals surface area contributed by atoms with E-state index >= 15 is 0 Å². The van der Waals surface area contributed by atoms with E-state index in [0.717, 1.165) is 11.1 Å². The van der Waals surface area contributed by atoms with Crippen molar-refractivity contribution in [3.05, 3.63) is 52.9 Å². The lowest BCUT2D eigenvalue weighted by atomic mass is 10.0. The molecule has 0 aliphatic rings. The van der Waals surface area contributed by atoms with Gasteiger partial charge in [-0.05, 0) is 38.0 Å². The maximum absolute atomic E-state index is 12.1. The van der Waals surface area contributed by atoms with Gasteiger partial charge in [-0.2, -0.15) is 0 Å². The predicted octanol–water partition coefficient (Wildman–Crippen LogP) is 3.51. The summed E-state index contributed by atoms with van der Waals surface area (Å²) in [5.74, 6) is 1.11. The van der Waals surface area contributed by atoms with Crippen molar-refractivity contribution in [1.29, 1.82) is 0 Å². The van der Waals surface area contributed by atoms with Crippen LogP contribution in [0.2, 0.25) is 0 Å². The molecule has 2 heterocycles. The molecule has 0 aliphatic carbocycles. The molecule has 6 heteroatoms. The first-order valence-electron chi connectivity index (χ1n) is 6.82. The van der Waals surface area contributed by atoms with Crippen LogP contribution in [0, 0.1) is 20.8 Å². The second-order valence-electron chi connectivity index (χ2n) is 5.15. The quantitative estimate of drug-likeness (QED) is 0.800. The van der Waals surface area contributed by atoms with Crippen molar-refractivity contribution < 1.29 is 13.8 Å². The van der Waals surface area contributed by atoms with E-state index < -0.39 is 5.91 Å². The Labute approximate surface area is 127 Å². The fraction of sp³-hybridized carbons (Fsp3) is 0.188.